The van der Waals surface area contributed by atoms with Gasteiger partial charge in [0.1, 0.15) is 17.7 Å². The highest BCUT2D eigenvalue weighted by atomic mass is 16.5. The Morgan fingerprint density at radius 2 is 1.20 bits per heavy atom. The van der Waals surface area contributed by atoms with Crippen molar-refractivity contribution in [3.8, 4) is 0 Å². The second-order valence-corrected chi connectivity index (χ2v) is 19.4. The average Bonchev–Trinajstić information content (AvgIpc) is 4.09. The molecule has 5 aromatic rings. The zero-order chi connectivity index (χ0) is 43.3. The molecule has 3 saturated heterocycles. The van der Waals surface area contributed by atoms with Crippen LogP contribution < -0.4 is 10.2 Å². The van der Waals surface area contributed by atoms with E-state index in [0.717, 1.165) is 78.8 Å². The van der Waals surface area contributed by atoms with Crippen molar-refractivity contribution in [2.24, 2.45) is 17.8 Å². The summed E-state index contributed by atoms with van der Waals surface area (Å²) in [4.78, 5) is 63.4. The van der Waals surface area contributed by atoms with Gasteiger partial charge < -0.3 is 34.7 Å². The second-order valence-electron chi connectivity index (χ2n) is 19.4. The van der Waals surface area contributed by atoms with Gasteiger partial charge >= 0.3 is 6.09 Å². The van der Waals surface area contributed by atoms with Crippen LogP contribution in [-0.4, -0.2) is 73.9 Å². The molecule has 0 aliphatic carbocycles. The maximum absolute atomic E-state index is 13.9. The summed E-state index contributed by atoms with van der Waals surface area (Å²) in [5, 5.41) is 2.75. The van der Waals surface area contributed by atoms with Crippen molar-refractivity contribution in [3.05, 3.63) is 89.0 Å². The Hall–Kier alpha value is -5.39. The summed E-state index contributed by atoms with van der Waals surface area (Å²) in [6.07, 6.45) is 4.87. The van der Waals surface area contributed by atoms with E-state index in [4.69, 9.17) is 14.7 Å². The molecule has 12 heteroatoms. The number of imidazole rings is 2. The van der Waals surface area contributed by atoms with Crippen LogP contribution >= 0.6 is 0 Å². The summed E-state index contributed by atoms with van der Waals surface area (Å²) in [6, 6.07) is 21.6. The monoisotopic (exact) mass is 829 g/mol. The number of alkyl carbamates (subject to hydrolysis) is 1. The van der Waals surface area contributed by atoms with Crippen molar-refractivity contribution in [2.45, 2.75) is 130 Å². The van der Waals surface area contributed by atoms with Gasteiger partial charge in [-0.15, -0.1) is 0 Å². The number of carbonyl (C=O) groups is 3. The third-order valence-corrected chi connectivity index (χ3v) is 13.7. The highest BCUT2D eigenvalue weighted by Gasteiger charge is 2.40. The zero-order valence-corrected chi connectivity index (χ0v) is 37.4. The van der Waals surface area contributed by atoms with Gasteiger partial charge in [0.05, 0.1) is 53.3 Å². The smallest absolute Gasteiger partial charge is 0.407 e. The van der Waals surface area contributed by atoms with Crippen LogP contribution in [0.15, 0.2) is 60.7 Å². The normalized spacial score (nSPS) is 21.9. The first-order chi connectivity index (χ1) is 29.1. The molecule has 12 nitrogen and oxygen atoms in total. The molecule has 0 radical (unpaired) electrons. The molecule has 3 aliphatic rings. The van der Waals surface area contributed by atoms with Crippen LogP contribution in [0.3, 0.4) is 0 Å². The number of nitrogens with zero attached hydrogens (tertiary/aromatic N) is 5. The molecule has 8 rings (SSSR count). The summed E-state index contributed by atoms with van der Waals surface area (Å²) >= 11 is 0. The number of ether oxygens (including phenoxy) is 1. The third-order valence-electron chi connectivity index (χ3n) is 13.7. The van der Waals surface area contributed by atoms with Crippen LogP contribution in [0.1, 0.15) is 146 Å². The number of likely N-dealkylation sites (tertiary alicyclic amines) is 2. The first kappa shape index (κ1) is 42.3. The number of aromatic amines is 2. The number of fused-ring (bicyclic) bond motifs is 2. The molecule has 61 heavy (non-hydrogen) atoms. The molecule has 0 saturated carbocycles. The van der Waals surface area contributed by atoms with E-state index in [1.54, 1.807) is 0 Å². The number of aromatic nitrogens is 4. The van der Waals surface area contributed by atoms with Crippen molar-refractivity contribution >= 4 is 45.7 Å². The minimum Gasteiger partial charge on any atom is -0.453 e. The van der Waals surface area contributed by atoms with Crippen molar-refractivity contribution in [1.29, 1.82) is 0 Å². The molecular weight excluding hydrogens is 765 g/mol. The van der Waals surface area contributed by atoms with Crippen molar-refractivity contribution in [3.63, 3.8) is 0 Å². The lowest BCUT2D eigenvalue weighted by Gasteiger charge is -2.34. The van der Waals surface area contributed by atoms with Gasteiger partial charge in [-0.2, -0.15) is 0 Å². The number of amides is 3. The molecule has 0 spiro atoms. The van der Waals surface area contributed by atoms with Gasteiger partial charge in [-0.3, -0.25) is 9.59 Å². The Morgan fingerprint density at radius 1 is 0.689 bits per heavy atom. The number of hydrogen-bond acceptors (Lipinski definition) is 7. The Bertz CT molecular complexity index is 2390. The SMILES string of the molecule is COC(=O)N[C@H](C(=O)N1CCCC1c1nc2ccc(C3CCC(c4ccc5nc(C6CCCN6C(=O)[C@@H](C)C(C)C)[nH]c5c4)N3c3ccc(C(C)(C)C)cc3)cc2[nH]1)C(C)C. The van der Waals surface area contributed by atoms with Gasteiger partial charge in [0.2, 0.25) is 11.8 Å². The number of methoxy groups -OCH3 is 1. The number of rotatable bonds is 10. The molecule has 4 unspecified atom stereocenters. The second kappa shape index (κ2) is 16.8. The Kier molecular flexibility index (Phi) is 11.7. The summed E-state index contributed by atoms with van der Waals surface area (Å²) in [5.74, 6) is 1.90. The van der Waals surface area contributed by atoms with E-state index in [-0.39, 0.29) is 59.2 Å². The van der Waals surface area contributed by atoms with Gasteiger partial charge in [-0.25, -0.2) is 14.8 Å². The van der Waals surface area contributed by atoms with E-state index in [2.05, 4.69) is 115 Å². The van der Waals surface area contributed by atoms with Crippen molar-refractivity contribution < 1.29 is 19.1 Å². The topological polar surface area (TPSA) is 140 Å². The first-order valence-electron chi connectivity index (χ1n) is 22.5. The molecule has 0 bridgehead atoms. The number of hydrogen-bond donors (Lipinski definition) is 3. The van der Waals surface area contributed by atoms with E-state index in [1.807, 2.05) is 30.6 Å². The van der Waals surface area contributed by atoms with Gasteiger partial charge in [-0.1, -0.05) is 79.7 Å². The maximum atomic E-state index is 13.9. The fourth-order valence-electron chi connectivity index (χ4n) is 9.84. The van der Waals surface area contributed by atoms with Gasteiger partial charge in [0, 0.05) is 24.7 Å². The number of benzene rings is 3. The fourth-order valence-corrected chi connectivity index (χ4v) is 9.84. The largest absolute Gasteiger partial charge is 0.453 e. The average molecular weight is 829 g/mol. The summed E-state index contributed by atoms with van der Waals surface area (Å²) in [7, 11) is 1.31. The fraction of sp³-hybridized carbons (Fsp3) is 0.531. The quantitative estimate of drug-likeness (QED) is 0.127. The van der Waals surface area contributed by atoms with E-state index < -0.39 is 12.1 Å². The van der Waals surface area contributed by atoms with Crippen molar-refractivity contribution in [2.75, 3.05) is 25.1 Å². The van der Waals surface area contributed by atoms with Gasteiger partial charge in [-0.05, 0) is 109 Å². The Labute approximate surface area is 360 Å². The predicted molar refractivity (Wildman–Crippen MR) is 240 cm³/mol. The number of carbonyl (C=O) groups excluding carboxylic acids is 3. The number of H-pyrrole nitrogens is 2. The molecule has 3 N–H and O–H groups in total. The Balaban J connectivity index is 1.10. The maximum Gasteiger partial charge on any atom is 0.407 e. The van der Waals surface area contributed by atoms with Crippen molar-refractivity contribution in [1.82, 2.24) is 35.1 Å². The molecule has 3 fully saturated rings. The highest BCUT2D eigenvalue weighted by molar-refractivity contribution is 5.87. The van der Waals surface area contributed by atoms with Crippen LogP contribution in [0.4, 0.5) is 10.5 Å². The summed E-state index contributed by atoms with van der Waals surface area (Å²) < 4.78 is 4.83. The molecule has 3 aromatic carbocycles. The van der Waals surface area contributed by atoms with E-state index in [0.29, 0.717) is 6.54 Å². The summed E-state index contributed by atoms with van der Waals surface area (Å²) in [6.45, 7) is 18.3. The van der Waals surface area contributed by atoms with E-state index in [1.165, 1.54) is 29.5 Å². The number of nitrogens with one attached hydrogen (secondary N) is 3. The third kappa shape index (κ3) is 8.22. The standard InChI is InChI=1S/C49H64N8O4/c1-28(2)30(5)46(58)55-24-10-12-41(55)44-50-35-20-14-31(26-37(35)52-44)39-22-23-40(57(39)34-18-16-33(17-19-34)49(6,7)8)32-15-21-36-38(27-32)53-45(51-36)42-13-11-25-56(42)47(59)43(29(3)4)54-48(60)61-9/h14-21,26-30,39-43H,10-13,22-25H2,1-9H3,(H,50,52)(H,51,53)(H,54,60)/t30-,39?,40?,41?,42?,43-/m0/s1. The molecule has 2 aromatic heterocycles. The first-order valence-corrected chi connectivity index (χ1v) is 22.5. The summed E-state index contributed by atoms with van der Waals surface area (Å²) in [5.41, 5.74) is 8.68. The molecule has 3 aliphatic heterocycles. The van der Waals surface area contributed by atoms with Crippen LogP contribution in [0.25, 0.3) is 22.1 Å². The van der Waals surface area contributed by atoms with Crippen LogP contribution in [0, 0.1) is 17.8 Å². The van der Waals surface area contributed by atoms with Crippen LogP contribution in [0.2, 0.25) is 0 Å². The van der Waals surface area contributed by atoms with Gasteiger partial charge in [0.25, 0.3) is 0 Å². The highest BCUT2D eigenvalue weighted by Crippen LogP contribution is 2.48. The molecule has 324 valence electrons. The lowest BCUT2D eigenvalue weighted by Crippen LogP contribution is -2.51. The lowest BCUT2D eigenvalue weighted by molar-refractivity contribution is -0.137. The minimum atomic E-state index is -0.689. The van der Waals surface area contributed by atoms with Crippen LogP contribution in [0.5, 0.6) is 0 Å². The lowest BCUT2D eigenvalue weighted by atomic mass is 9.87. The van der Waals surface area contributed by atoms with E-state index in [9.17, 15) is 14.4 Å². The van der Waals surface area contributed by atoms with Gasteiger partial charge in [0.15, 0.2) is 0 Å². The minimum absolute atomic E-state index is 0.0273. The van der Waals surface area contributed by atoms with E-state index >= 15 is 0 Å². The molecular formula is C49H64N8O4. The molecule has 5 heterocycles. The predicted octanol–water partition coefficient (Wildman–Crippen LogP) is 9.82. The molecule has 3 amide bonds. The zero-order valence-electron chi connectivity index (χ0n) is 37.4. The Morgan fingerprint density at radius 3 is 1.66 bits per heavy atom. The van der Waals surface area contributed by atoms with Crippen LogP contribution in [-0.2, 0) is 19.7 Å². The molecule has 6 atom stereocenters. The number of anilines is 1.